The van der Waals surface area contributed by atoms with E-state index in [-0.39, 0.29) is 12.7 Å². The molecule has 2 atom stereocenters. The van der Waals surface area contributed by atoms with Gasteiger partial charge in [-0.05, 0) is 53.1 Å². The maximum absolute atomic E-state index is 10.6. The molecule has 4 rings (SSSR count). The molecule has 0 bridgehead atoms. The first-order valence-electron chi connectivity index (χ1n) is 11.1. The number of rotatable bonds is 9. The van der Waals surface area contributed by atoms with Gasteiger partial charge in [0.25, 0.3) is 0 Å². The largest absolute Gasteiger partial charge is 0.493 e. The molecule has 0 aromatic heterocycles. The summed E-state index contributed by atoms with van der Waals surface area (Å²) in [5.74, 6) is 1.14. The predicted molar refractivity (Wildman–Crippen MR) is 125 cm³/mol. The quantitative estimate of drug-likeness (QED) is 0.489. The number of piperidine rings is 1. The molecule has 2 unspecified atom stereocenters. The van der Waals surface area contributed by atoms with Gasteiger partial charge in [-0.25, -0.2) is 4.79 Å². The molecule has 0 saturated carbocycles. The van der Waals surface area contributed by atoms with Crippen molar-refractivity contribution in [2.75, 3.05) is 26.3 Å². The summed E-state index contributed by atoms with van der Waals surface area (Å²) in [5, 5.41) is 5.95. The summed E-state index contributed by atoms with van der Waals surface area (Å²) in [5.41, 5.74) is 7.40. The van der Waals surface area contributed by atoms with E-state index in [4.69, 9.17) is 19.9 Å². The Bertz CT molecular complexity index is 1020. The zero-order valence-corrected chi connectivity index (χ0v) is 18.2. The van der Waals surface area contributed by atoms with Gasteiger partial charge < -0.3 is 25.3 Å². The van der Waals surface area contributed by atoms with Gasteiger partial charge in [0.2, 0.25) is 0 Å². The third-order valence-corrected chi connectivity index (χ3v) is 5.81. The molecular formula is C26H30N2O4. The first-order chi connectivity index (χ1) is 15.7. The Balaban J connectivity index is 1.32. The Morgan fingerprint density at radius 2 is 1.81 bits per heavy atom. The molecule has 32 heavy (non-hydrogen) atoms. The van der Waals surface area contributed by atoms with Gasteiger partial charge in [0.05, 0.1) is 25.9 Å². The van der Waals surface area contributed by atoms with Crippen molar-refractivity contribution >= 4 is 16.9 Å². The number of amides is 1. The highest BCUT2D eigenvalue weighted by molar-refractivity contribution is 5.82. The highest BCUT2D eigenvalue weighted by Gasteiger charge is 2.27. The zero-order chi connectivity index (χ0) is 22.2. The molecular weight excluding hydrogens is 404 g/mol. The summed E-state index contributed by atoms with van der Waals surface area (Å²) >= 11 is 0. The lowest BCUT2D eigenvalue weighted by atomic mass is 9.87. The Morgan fingerprint density at radius 3 is 2.62 bits per heavy atom. The summed E-state index contributed by atoms with van der Waals surface area (Å²) in [6, 6.07) is 23.1. The molecule has 1 saturated heterocycles. The lowest BCUT2D eigenvalue weighted by Gasteiger charge is -2.32. The van der Waals surface area contributed by atoms with Crippen LogP contribution in [0.1, 0.15) is 29.9 Å². The minimum absolute atomic E-state index is 0.118. The Morgan fingerprint density at radius 1 is 1.00 bits per heavy atom. The second-order valence-corrected chi connectivity index (χ2v) is 8.07. The fourth-order valence-corrected chi connectivity index (χ4v) is 4.15. The van der Waals surface area contributed by atoms with Crippen molar-refractivity contribution in [3.8, 4) is 5.75 Å². The van der Waals surface area contributed by atoms with Crippen molar-refractivity contribution in [1.82, 2.24) is 5.32 Å². The number of hydrogen-bond acceptors (Lipinski definition) is 5. The van der Waals surface area contributed by atoms with E-state index in [1.807, 2.05) is 12.1 Å². The molecule has 0 spiro atoms. The number of nitrogens with one attached hydrogen (secondary N) is 1. The van der Waals surface area contributed by atoms with Crippen molar-refractivity contribution in [3.63, 3.8) is 0 Å². The smallest absolute Gasteiger partial charge is 0.404 e. The monoisotopic (exact) mass is 434 g/mol. The van der Waals surface area contributed by atoms with E-state index in [2.05, 4.69) is 59.9 Å². The second-order valence-electron chi connectivity index (χ2n) is 8.07. The standard InChI is InChI=1S/C26H30N2O4/c27-26(29)31-15-3-14-30-23-10-8-21(9-11-23)24-12-13-28-17-25(24)32-18-19-6-7-20-4-1-2-5-22(20)16-19/h1-2,4-11,16,24-25,28H,3,12-15,17-18H2,(H2,27,29). The van der Waals surface area contributed by atoms with Crippen LogP contribution < -0.4 is 15.8 Å². The van der Waals surface area contributed by atoms with Gasteiger partial charge in [-0.3, -0.25) is 0 Å². The maximum Gasteiger partial charge on any atom is 0.404 e. The van der Waals surface area contributed by atoms with E-state index < -0.39 is 6.09 Å². The molecule has 1 aliphatic rings. The van der Waals surface area contributed by atoms with Crippen LogP contribution in [0.2, 0.25) is 0 Å². The van der Waals surface area contributed by atoms with Crippen LogP contribution in [0.15, 0.2) is 66.7 Å². The van der Waals surface area contributed by atoms with Crippen LogP contribution in [-0.4, -0.2) is 38.5 Å². The molecule has 0 radical (unpaired) electrons. The Labute approximate surface area is 188 Å². The van der Waals surface area contributed by atoms with E-state index in [1.54, 1.807) is 0 Å². The van der Waals surface area contributed by atoms with Crippen LogP contribution in [0.3, 0.4) is 0 Å². The van der Waals surface area contributed by atoms with Gasteiger partial charge in [-0.15, -0.1) is 0 Å². The lowest BCUT2D eigenvalue weighted by molar-refractivity contribution is 0.0106. The minimum Gasteiger partial charge on any atom is -0.493 e. The number of primary amides is 1. The van der Waals surface area contributed by atoms with E-state index in [0.29, 0.717) is 25.6 Å². The summed E-state index contributed by atoms with van der Waals surface area (Å²) in [4.78, 5) is 10.6. The van der Waals surface area contributed by atoms with Crippen LogP contribution >= 0.6 is 0 Å². The van der Waals surface area contributed by atoms with Gasteiger partial charge in [-0.2, -0.15) is 0 Å². The third-order valence-electron chi connectivity index (χ3n) is 5.81. The minimum atomic E-state index is -0.756. The summed E-state index contributed by atoms with van der Waals surface area (Å²) < 4.78 is 16.8. The van der Waals surface area contributed by atoms with Gasteiger partial charge in [0.1, 0.15) is 5.75 Å². The first-order valence-corrected chi connectivity index (χ1v) is 11.1. The summed E-state index contributed by atoms with van der Waals surface area (Å²) in [7, 11) is 0. The maximum atomic E-state index is 10.6. The molecule has 0 aliphatic carbocycles. The zero-order valence-electron chi connectivity index (χ0n) is 18.2. The van der Waals surface area contributed by atoms with Gasteiger partial charge in [0.15, 0.2) is 0 Å². The van der Waals surface area contributed by atoms with E-state index in [9.17, 15) is 4.79 Å². The average molecular weight is 435 g/mol. The van der Waals surface area contributed by atoms with E-state index in [1.165, 1.54) is 21.9 Å². The van der Waals surface area contributed by atoms with Crippen molar-refractivity contribution in [2.45, 2.75) is 31.5 Å². The highest BCUT2D eigenvalue weighted by atomic mass is 16.5. The van der Waals surface area contributed by atoms with Crippen LogP contribution in [0, 0.1) is 0 Å². The molecule has 1 aliphatic heterocycles. The van der Waals surface area contributed by atoms with Crippen LogP contribution in [-0.2, 0) is 16.1 Å². The number of benzene rings is 3. The summed E-state index contributed by atoms with van der Waals surface area (Å²) in [6.07, 6.45) is 0.998. The SMILES string of the molecule is NC(=O)OCCCOc1ccc(C2CCNCC2OCc2ccc3ccccc3c2)cc1. The third kappa shape index (κ3) is 5.99. The number of fused-ring (bicyclic) bond motifs is 1. The molecule has 3 N–H and O–H groups in total. The molecule has 1 fully saturated rings. The molecule has 6 nitrogen and oxygen atoms in total. The lowest BCUT2D eigenvalue weighted by Crippen LogP contribution is -2.40. The van der Waals surface area contributed by atoms with Gasteiger partial charge in [0, 0.05) is 18.9 Å². The molecule has 3 aromatic carbocycles. The first kappa shape index (κ1) is 22.1. The molecule has 3 aromatic rings. The number of ether oxygens (including phenoxy) is 3. The summed E-state index contributed by atoms with van der Waals surface area (Å²) in [6.45, 7) is 3.16. The normalized spacial score (nSPS) is 18.4. The number of carbonyl (C=O) groups excluding carboxylic acids is 1. The predicted octanol–water partition coefficient (Wildman–Crippen LogP) is 4.37. The molecule has 1 amide bonds. The molecule has 168 valence electrons. The second kappa shape index (κ2) is 11.0. The highest BCUT2D eigenvalue weighted by Crippen LogP contribution is 2.30. The fraction of sp³-hybridized carbons (Fsp3) is 0.346. The Hall–Kier alpha value is -3.09. The van der Waals surface area contributed by atoms with Crippen molar-refractivity contribution < 1.29 is 19.0 Å². The van der Waals surface area contributed by atoms with Gasteiger partial charge >= 0.3 is 6.09 Å². The van der Waals surface area contributed by atoms with Crippen molar-refractivity contribution in [1.29, 1.82) is 0 Å². The van der Waals surface area contributed by atoms with E-state index in [0.717, 1.165) is 25.3 Å². The topological polar surface area (TPSA) is 82.8 Å². The number of carbonyl (C=O) groups is 1. The van der Waals surface area contributed by atoms with Crippen molar-refractivity contribution in [3.05, 3.63) is 77.9 Å². The number of hydrogen-bond donors (Lipinski definition) is 2. The molecule has 1 heterocycles. The van der Waals surface area contributed by atoms with Crippen LogP contribution in [0.25, 0.3) is 10.8 Å². The van der Waals surface area contributed by atoms with Crippen LogP contribution in [0.5, 0.6) is 5.75 Å². The number of nitrogens with two attached hydrogens (primary N) is 1. The average Bonchev–Trinajstić information content (AvgIpc) is 2.83. The fourth-order valence-electron chi connectivity index (χ4n) is 4.15. The van der Waals surface area contributed by atoms with Crippen LogP contribution in [0.4, 0.5) is 4.79 Å². The van der Waals surface area contributed by atoms with Crippen molar-refractivity contribution in [2.24, 2.45) is 5.73 Å². The molecule has 6 heteroatoms. The van der Waals surface area contributed by atoms with E-state index >= 15 is 0 Å². The Kier molecular flexibility index (Phi) is 7.59. The van der Waals surface area contributed by atoms with Gasteiger partial charge in [-0.1, -0.05) is 48.5 Å².